The third kappa shape index (κ3) is 6.56. The van der Waals surface area contributed by atoms with Crippen LogP contribution in [0.4, 0.5) is 0 Å². The lowest BCUT2D eigenvalue weighted by atomic mass is 9.93. The SMILES string of the molecule is CC(C)[C@@H](C=O)NC(=O)[C@@](N)(CCCCN)CS(=O)O. The number of rotatable bonds is 10. The molecule has 8 heteroatoms. The van der Waals surface area contributed by atoms with E-state index in [2.05, 4.69) is 5.32 Å². The van der Waals surface area contributed by atoms with E-state index in [9.17, 15) is 13.8 Å². The molecule has 0 spiro atoms. The standard InChI is InChI=1S/C12H25N3O4S/c1-9(2)10(7-16)15-11(17)12(14,8-20(18)19)5-3-4-6-13/h7,9-10H,3-6,8,13-14H2,1-2H3,(H,15,17)(H,18,19)/t10-,12-/m1/s1. The molecule has 0 aromatic heterocycles. The summed E-state index contributed by atoms with van der Waals surface area (Å²) in [7, 11) is 0. The highest BCUT2D eigenvalue weighted by atomic mass is 32.2. The summed E-state index contributed by atoms with van der Waals surface area (Å²) in [6, 6.07) is -0.660. The second-order valence-electron chi connectivity index (χ2n) is 5.25. The Labute approximate surface area is 122 Å². The summed E-state index contributed by atoms with van der Waals surface area (Å²) in [5.74, 6) is -1.03. The highest BCUT2D eigenvalue weighted by Crippen LogP contribution is 2.14. The normalized spacial score (nSPS) is 17.3. The first-order valence-corrected chi connectivity index (χ1v) is 7.87. The average Bonchev–Trinajstić information content (AvgIpc) is 2.34. The third-order valence-corrected chi connectivity index (χ3v) is 3.83. The van der Waals surface area contributed by atoms with E-state index in [1.165, 1.54) is 0 Å². The largest absolute Gasteiger partial charge is 0.345 e. The Bertz CT molecular complexity index is 352. The first-order valence-electron chi connectivity index (χ1n) is 6.59. The van der Waals surface area contributed by atoms with Crippen LogP contribution in [0, 0.1) is 5.92 Å². The molecule has 6 N–H and O–H groups in total. The minimum Gasteiger partial charge on any atom is -0.345 e. The van der Waals surface area contributed by atoms with E-state index in [4.69, 9.17) is 16.0 Å². The maximum atomic E-state index is 12.2. The van der Waals surface area contributed by atoms with Gasteiger partial charge in [-0.05, 0) is 31.7 Å². The molecule has 0 saturated heterocycles. The molecule has 20 heavy (non-hydrogen) atoms. The van der Waals surface area contributed by atoms with Gasteiger partial charge in [0.1, 0.15) is 11.8 Å². The summed E-state index contributed by atoms with van der Waals surface area (Å²) in [6.45, 7) is 4.04. The molecule has 0 rings (SSSR count). The Balaban J connectivity index is 4.86. The number of hydrogen-bond donors (Lipinski definition) is 4. The molecule has 7 nitrogen and oxygen atoms in total. The van der Waals surface area contributed by atoms with Crippen molar-refractivity contribution in [2.24, 2.45) is 17.4 Å². The minimum atomic E-state index is -2.19. The molecule has 0 aliphatic heterocycles. The van der Waals surface area contributed by atoms with Crippen LogP contribution >= 0.6 is 0 Å². The van der Waals surface area contributed by atoms with Gasteiger partial charge >= 0.3 is 0 Å². The van der Waals surface area contributed by atoms with Crippen LogP contribution in [-0.4, -0.2) is 44.8 Å². The molecule has 0 fully saturated rings. The molecule has 118 valence electrons. The number of carbonyl (C=O) groups excluding carboxylic acids is 2. The Morgan fingerprint density at radius 1 is 1.45 bits per heavy atom. The van der Waals surface area contributed by atoms with Gasteiger partial charge in [-0.1, -0.05) is 13.8 Å². The van der Waals surface area contributed by atoms with Crippen LogP contribution in [0.5, 0.6) is 0 Å². The Morgan fingerprint density at radius 2 is 2.05 bits per heavy atom. The summed E-state index contributed by atoms with van der Waals surface area (Å²) in [6.07, 6.45) is 2.13. The molecule has 0 aromatic rings. The number of hydrogen-bond acceptors (Lipinski definition) is 5. The van der Waals surface area contributed by atoms with E-state index in [0.717, 1.165) is 0 Å². The zero-order valence-electron chi connectivity index (χ0n) is 12.0. The van der Waals surface area contributed by atoms with Crippen molar-refractivity contribution >= 4 is 23.3 Å². The van der Waals surface area contributed by atoms with E-state index in [0.29, 0.717) is 25.7 Å². The van der Waals surface area contributed by atoms with Crippen molar-refractivity contribution in [3.05, 3.63) is 0 Å². The van der Waals surface area contributed by atoms with Crippen molar-refractivity contribution < 1.29 is 18.4 Å². The Morgan fingerprint density at radius 3 is 2.45 bits per heavy atom. The van der Waals surface area contributed by atoms with Crippen LogP contribution in [0.15, 0.2) is 0 Å². The van der Waals surface area contributed by atoms with Crippen LogP contribution < -0.4 is 16.8 Å². The molecule has 1 amide bonds. The van der Waals surface area contributed by atoms with Crippen LogP contribution in [0.2, 0.25) is 0 Å². The van der Waals surface area contributed by atoms with Crippen LogP contribution in [0.3, 0.4) is 0 Å². The van der Waals surface area contributed by atoms with Gasteiger partial charge in [-0.2, -0.15) is 0 Å². The molecule has 0 aliphatic rings. The van der Waals surface area contributed by atoms with Gasteiger partial charge in [-0.3, -0.25) is 4.79 Å². The average molecular weight is 307 g/mol. The molecular formula is C12H25N3O4S. The van der Waals surface area contributed by atoms with E-state index in [1.54, 1.807) is 13.8 Å². The minimum absolute atomic E-state index is 0.0793. The van der Waals surface area contributed by atoms with Crippen LogP contribution in [0.25, 0.3) is 0 Å². The van der Waals surface area contributed by atoms with Gasteiger partial charge in [0.2, 0.25) is 5.91 Å². The van der Waals surface area contributed by atoms with E-state index < -0.39 is 28.6 Å². The monoisotopic (exact) mass is 307 g/mol. The second-order valence-corrected chi connectivity index (χ2v) is 6.18. The molecular weight excluding hydrogens is 282 g/mol. The van der Waals surface area contributed by atoms with Crippen molar-refractivity contribution in [1.82, 2.24) is 5.32 Å². The van der Waals surface area contributed by atoms with Gasteiger partial charge in [-0.15, -0.1) is 0 Å². The zero-order chi connectivity index (χ0) is 15.8. The molecule has 0 aliphatic carbocycles. The number of nitrogens with two attached hydrogens (primary N) is 2. The summed E-state index contributed by atoms with van der Waals surface area (Å²) in [4.78, 5) is 23.1. The smallest absolute Gasteiger partial charge is 0.241 e. The first kappa shape index (κ1) is 19.2. The highest BCUT2D eigenvalue weighted by molar-refractivity contribution is 7.79. The molecule has 1 unspecified atom stereocenters. The van der Waals surface area contributed by atoms with E-state index in [1.807, 2.05) is 0 Å². The van der Waals surface area contributed by atoms with Crippen molar-refractivity contribution in [2.75, 3.05) is 12.3 Å². The molecule has 0 heterocycles. The third-order valence-electron chi connectivity index (χ3n) is 3.07. The zero-order valence-corrected chi connectivity index (χ0v) is 12.8. The molecule has 0 saturated carbocycles. The molecule has 0 radical (unpaired) electrons. The lowest BCUT2D eigenvalue weighted by molar-refractivity contribution is -0.128. The van der Waals surface area contributed by atoms with E-state index >= 15 is 0 Å². The Hall–Kier alpha value is -0.830. The maximum absolute atomic E-state index is 12.2. The van der Waals surface area contributed by atoms with E-state index in [-0.39, 0.29) is 18.1 Å². The number of amides is 1. The fourth-order valence-corrected chi connectivity index (χ4v) is 2.43. The first-order chi connectivity index (χ1) is 9.26. The van der Waals surface area contributed by atoms with Crippen molar-refractivity contribution in [3.8, 4) is 0 Å². The van der Waals surface area contributed by atoms with Crippen LogP contribution in [-0.2, 0) is 20.7 Å². The summed E-state index contributed by atoms with van der Waals surface area (Å²) in [5.41, 5.74) is 9.88. The van der Waals surface area contributed by atoms with Gasteiger partial charge < -0.3 is 26.1 Å². The van der Waals surface area contributed by atoms with Crippen LogP contribution in [0.1, 0.15) is 33.1 Å². The number of nitrogens with one attached hydrogen (secondary N) is 1. The predicted molar refractivity (Wildman–Crippen MR) is 78.3 cm³/mol. The number of carbonyl (C=O) groups is 2. The van der Waals surface area contributed by atoms with Gasteiger partial charge in [0, 0.05) is 0 Å². The second kappa shape index (κ2) is 9.17. The summed E-state index contributed by atoms with van der Waals surface area (Å²) < 4.78 is 20.0. The summed E-state index contributed by atoms with van der Waals surface area (Å²) >= 11 is -2.19. The maximum Gasteiger partial charge on any atom is 0.241 e. The fraction of sp³-hybridized carbons (Fsp3) is 0.833. The molecule has 3 atom stereocenters. The topological polar surface area (TPSA) is 136 Å². The predicted octanol–water partition coefficient (Wildman–Crippen LogP) is -0.626. The van der Waals surface area contributed by atoms with Gasteiger partial charge in [0.25, 0.3) is 0 Å². The van der Waals surface area contributed by atoms with Crippen molar-refractivity contribution in [2.45, 2.75) is 44.7 Å². The molecule has 0 bridgehead atoms. The summed E-state index contributed by atoms with van der Waals surface area (Å²) in [5, 5.41) is 2.53. The van der Waals surface area contributed by atoms with Gasteiger partial charge in [0.05, 0.1) is 11.8 Å². The van der Waals surface area contributed by atoms with Gasteiger partial charge in [0.15, 0.2) is 11.1 Å². The Kier molecular flexibility index (Phi) is 8.79. The quantitative estimate of drug-likeness (QED) is 0.241. The van der Waals surface area contributed by atoms with Crippen molar-refractivity contribution in [1.29, 1.82) is 0 Å². The highest BCUT2D eigenvalue weighted by Gasteiger charge is 2.36. The number of aldehydes is 1. The lowest BCUT2D eigenvalue weighted by Gasteiger charge is -2.29. The fourth-order valence-electron chi connectivity index (χ4n) is 1.71. The lowest BCUT2D eigenvalue weighted by Crippen LogP contribution is -2.60. The van der Waals surface area contributed by atoms with Gasteiger partial charge in [-0.25, -0.2) is 4.21 Å². The van der Waals surface area contributed by atoms with Crippen molar-refractivity contribution in [3.63, 3.8) is 0 Å². The number of unbranched alkanes of at least 4 members (excludes halogenated alkanes) is 1. The molecule has 0 aromatic carbocycles.